The van der Waals surface area contributed by atoms with Gasteiger partial charge in [0.1, 0.15) is 17.9 Å². The summed E-state index contributed by atoms with van der Waals surface area (Å²) in [6.07, 6.45) is 4.26. The van der Waals surface area contributed by atoms with Crippen molar-refractivity contribution in [3.8, 4) is 11.1 Å². The maximum atomic E-state index is 14.2. The maximum Gasteiger partial charge on any atom is 0.251 e. The number of amides is 1. The number of aldehydes is 1. The molecule has 1 aliphatic heterocycles. The zero-order chi connectivity index (χ0) is 24.6. The van der Waals surface area contributed by atoms with Gasteiger partial charge in [0.25, 0.3) is 5.91 Å². The van der Waals surface area contributed by atoms with E-state index in [0.29, 0.717) is 17.8 Å². The SMILES string of the molecule is CNc1c(-c2ccc3c(c2)C(=O)NCC3)cc(NSc2ccc(F)cc2F)cc1C1(C=O)CCC1. The molecule has 1 heterocycles. The zero-order valence-electron chi connectivity index (χ0n) is 19.2. The van der Waals surface area contributed by atoms with Crippen LogP contribution in [0, 0.1) is 11.6 Å². The Labute approximate surface area is 206 Å². The highest BCUT2D eigenvalue weighted by Crippen LogP contribution is 2.49. The molecular weight excluding hydrogens is 468 g/mol. The number of carbonyl (C=O) groups excluding carboxylic acids is 2. The van der Waals surface area contributed by atoms with Crippen molar-refractivity contribution in [3.63, 3.8) is 0 Å². The van der Waals surface area contributed by atoms with E-state index in [2.05, 4.69) is 15.4 Å². The Hall–Kier alpha value is -3.39. The van der Waals surface area contributed by atoms with Crippen LogP contribution in [0.15, 0.2) is 53.4 Å². The van der Waals surface area contributed by atoms with E-state index in [1.807, 2.05) is 37.4 Å². The van der Waals surface area contributed by atoms with Crippen LogP contribution in [0.5, 0.6) is 0 Å². The molecule has 180 valence electrons. The van der Waals surface area contributed by atoms with Gasteiger partial charge in [-0.05, 0) is 78.2 Å². The number of anilines is 2. The average molecular weight is 494 g/mol. The van der Waals surface area contributed by atoms with Gasteiger partial charge in [0.15, 0.2) is 0 Å². The molecule has 0 aromatic heterocycles. The standard InChI is InChI=1S/C27H25F2N3O2S/c1-30-25-20(17-4-3-16-7-10-31-26(34)21(16)11-17)13-19(14-22(25)27(15-33)8-2-9-27)32-35-24-6-5-18(28)12-23(24)29/h3-6,11-15,30,32H,2,7-10H2,1H3,(H,31,34). The number of benzene rings is 3. The molecule has 0 bridgehead atoms. The summed E-state index contributed by atoms with van der Waals surface area (Å²) >= 11 is 1.04. The first-order chi connectivity index (χ1) is 16.9. The number of carbonyl (C=O) groups is 2. The summed E-state index contributed by atoms with van der Waals surface area (Å²) in [4.78, 5) is 25.0. The summed E-state index contributed by atoms with van der Waals surface area (Å²) in [5.41, 5.74) is 5.10. The molecule has 1 saturated carbocycles. The molecule has 2 aliphatic rings. The highest BCUT2D eigenvalue weighted by Gasteiger charge is 2.41. The van der Waals surface area contributed by atoms with E-state index in [0.717, 1.165) is 77.9 Å². The van der Waals surface area contributed by atoms with Gasteiger partial charge in [-0.2, -0.15) is 0 Å². The summed E-state index contributed by atoms with van der Waals surface area (Å²) in [6, 6.07) is 13.1. The molecule has 1 fully saturated rings. The molecule has 0 atom stereocenters. The lowest BCUT2D eigenvalue weighted by atomic mass is 9.64. The third-order valence-corrected chi connectivity index (χ3v) is 7.80. The Morgan fingerprint density at radius 3 is 2.57 bits per heavy atom. The van der Waals surface area contributed by atoms with Crippen LogP contribution in [-0.2, 0) is 16.6 Å². The fraction of sp³-hybridized carbons (Fsp3) is 0.259. The van der Waals surface area contributed by atoms with Gasteiger partial charge in [-0.3, -0.25) is 4.79 Å². The highest BCUT2D eigenvalue weighted by molar-refractivity contribution is 8.00. The Balaban J connectivity index is 1.61. The molecular formula is C27H25F2N3O2S. The Morgan fingerprint density at radius 2 is 1.89 bits per heavy atom. The Kier molecular flexibility index (Phi) is 6.23. The van der Waals surface area contributed by atoms with Gasteiger partial charge >= 0.3 is 0 Å². The molecule has 5 rings (SSSR count). The monoisotopic (exact) mass is 493 g/mol. The smallest absolute Gasteiger partial charge is 0.251 e. The van der Waals surface area contributed by atoms with Crippen molar-refractivity contribution in [3.05, 3.63) is 76.9 Å². The minimum atomic E-state index is -0.654. The van der Waals surface area contributed by atoms with E-state index in [1.54, 1.807) is 0 Å². The topological polar surface area (TPSA) is 70.2 Å². The van der Waals surface area contributed by atoms with Crippen molar-refractivity contribution < 1.29 is 18.4 Å². The normalized spacial score (nSPS) is 16.0. The lowest BCUT2D eigenvalue weighted by molar-refractivity contribution is -0.115. The maximum absolute atomic E-state index is 14.2. The molecule has 5 nitrogen and oxygen atoms in total. The van der Waals surface area contributed by atoms with Gasteiger partial charge in [0.05, 0.1) is 10.3 Å². The average Bonchev–Trinajstić information content (AvgIpc) is 2.83. The number of fused-ring (bicyclic) bond motifs is 1. The molecule has 3 aromatic carbocycles. The third kappa shape index (κ3) is 4.27. The largest absolute Gasteiger partial charge is 0.387 e. The number of hydrogen-bond donors (Lipinski definition) is 3. The fourth-order valence-electron chi connectivity index (χ4n) is 4.85. The molecule has 3 aromatic rings. The van der Waals surface area contributed by atoms with Crippen LogP contribution in [0.4, 0.5) is 20.2 Å². The van der Waals surface area contributed by atoms with Crippen molar-refractivity contribution in [2.75, 3.05) is 23.6 Å². The first-order valence-corrected chi connectivity index (χ1v) is 12.4. The molecule has 8 heteroatoms. The van der Waals surface area contributed by atoms with Gasteiger partial charge in [0.2, 0.25) is 0 Å². The minimum Gasteiger partial charge on any atom is -0.387 e. The van der Waals surface area contributed by atoms with E-state index in [4.69, 9.17) is 0 Å². The van der Waals surface area contributed by atoms with Crippen LogP contribution in [0.3, 0.4) is 0 Å². The van der Waals surface area contributed by atoms with Gasteiger partial charge < -0.3 is 20.2 Å². The van der Waals surface area contributed by atoms with Crippen LogP contribution < -0.4 is 15.4 Å². The number of nitrogens with one attached hydrogen (secondary N) is 3. The third-order valence-electron chi connectivity index (χ3n) is 6.91. The van der Waals surface area contributed by atoms with Crippen LogP contribution in [0.25, 0.3) is 11.1 Å². The van der Waals surface area contributed by atoms with Crippen LogP contribution in [0.1, 0.15) is 40.7 Å². The van der Waals surface area contributed by atoms with Crippen molar-refractivity contribution in [2.45, 2.75) is 36.0 Å². The van der Waals surface area contributed by atoms with Crippen LogP contribution in [0.2, 0.25) is 0 Å². The van der Waals surface area contributed by atoms with Crippen molar-refractivity contribution in [2.24, 2.45) is 0 Å². The summed E-state index contributed by atoms with van der Waals surface area (Å²) in [7, 11) is 1.82. The second-order valence-electron chi connectivity index (χ2n) is 8.98. The summed E-state index contributed by atoms with van der Waals surface area (Å²) in [6.45, 7) is 0.621. The van der Waals surface area contributed by atoms with Crippen LogP contribution >= 0.6 is 11.9 Å². The van der Waals surface area contributed by atoms with Crippen molar-refractivity contribution in [1.29, 1.82) is 0 Å². The van der Waals surface area contributed by atoms with Gasteiger partial charge in [-0.25, -0.2) is 8.78 Å². The van der Waals surface area contributed by atoms with E-state index in [1.165, 1.54) is 12.1 Å². The molecule has 3 N–H and O–H groups in total. The summed E-state index contributed by atoms with van der Waals surface area (Å²) in [5, 5.41) is 6.17. The summed E-state index contributed by atoms with van der Waals surface area (Å²) < 4.78 is 30.7. The van der Waals surface area contributed by atoms with E-state index in [9.17, 15) is 18.4 Å². The van der Waals surface area contributed by atoms with E-state index in [-0.39, 0.29) is 10.8 Å². The number of hydrogen-bond acceptors (Lipinski definition) is 5. The second kappa shape index (κ2) is 9.34. The lowest BCUT2D eigenvalue weighted by Gasteiger charge is -2.39. The number of rotatable bonds is 7. The second-order valence-corrected chi connectivity index (χ2v) is 9.83. The Bertz CT molecular complexity index is 1320. The first kappa shape index (κ1) is 23.4. The zero-order valence-corrected chi connectivity index (χ0v) is 20.0. The minimum absolute atomic E-state index is 0.0979. The lowest BCUT2D eigenvalue weighted by Crippen LogP contribution is -2.36. The predicted octanol–water partition coefficient (Wildman–Crippen LogP) is 5.70. The Morgan fingerprint density at radius 1 is 1.06 bits per heavy atom. The number of halogens is 2. The van der Waals surface area contributed by atoms with Gasteiger partial charge in [0, 0.05) is 42.2 Å². The fourth-order valence-corrected chi connectivity index (χ4v) is 5.49. The molecule has 1 aliphatic carbocycles. The van der Waals surface area contributed by atoms with Crippen molar-refractivity contribution >= 4 is 35.5 Å². The first-order valence-electron chi connectivity index (χ1n) is 11.6. The molecule has 0 saturated heterocycles. The molecule has 0 spiro atoms. The van der Waals surface area contributed by atoms with Crippen molar-refractivity contribution in [1.82, 2.24) is 5.32 Å². The highest BCUT2D eigenvalue weighted by atomic mass is 32.2. The predicted molar refractivity (Wildman–Crippen MR) is 135 cm³/mol. The summed E-state index contributed by atoms with van der Waals surface area (Å²) in [5.74, 6) is -1.39. The van der Waals surface area contributed by atoms with E-state index < -0.39 is 17.0 Å². The van der Waals surface area contributed by atoms with Crippen LogP contribution in [-0.4, -0.2) is 25.8 Å². The van der Waals surface area contributed by atoms with Gasteiger partial charge in [-0.15, -0.1) is 0 Å². The van der Waals surface area contributed by atoms with Gasteiger partial charge in [-0.1, -0.05) is 18.6 Å². The molecule has 0 radical (unpaired) electrons. The van der Waals surface area contributed by atoms with E-state index >= 15 is 0 Å². The molecule has 1 amide bonds. The molecule has 0 unspecified atom stereocenters. The molecule has 35 heavy (non-hydrogen) atoms. The quantitative estimate of drug-likeness (QED) is 0.291.